The van der Waals surface area contributed by atoms with Gasteiger partial charge in [0.05, 0.1) is 5.69 Å². The Morgan fingerprint density at radius 3 is 1.83 bits per heavy atom. The Bertz CT molecular complexity index is 385. The van der Waals surface area contributed by atoms with Crippen molar-refractivity contribution in [3.63, 3.8) is 0 Å². The molecule has 1 aromatic carbocycles. The monoisotopic (exact) mass is 253 g/mol. The number of hydrogen-bond donors (Lipinski definition) is 2. The van der Waals surface area contributed by atoms with Crippen LogP contribution in [0.15, 0.2) is 6.07 Å². The Morgan fingerprint density at radius 1 is 1.06 bits per heavy atom. The molecule has 0 saturated heterocycles. The number of nitrogens with one attached hydrogen (secondary N) is 1. The quantitative estimate of drug-likeness (QED) is 0.595. The van der Waals surface area contributed by atoms with Gasteiger partial charge in [-0.25, -0.2) is 0 Å². The Labute approximate surface area is 111 Å². The summed E-state index contributed by atoms with van der Waals surface area (Å²) in [5.41, 5.74) is 6.19. The van der Waals surface area contributed by atoms with E-state index < -0.39 is 0 Å². The summed E-state index contributed by atoms with van der Waals surface area (Å²) in [6.45, 7) is 15.3. The molecule has 104 valence electrons. The summed E-state index contributed by atoms with van der Waals surface area (Å²) in [4.78, 5) is 11.4. The van der Waals surface area contributed by atoms with Gasteiger partial charge >= 0.3 is 0 Å². The minimum atomic E-state index is -0.0397. The summed E-state index contributed by atoms with van der Waals surface area (Å²) in [5.74, 6) is -0.0397. The zero-order valence-electron chi connectivity index (χ0n) is 12.9. The summed E-state index contributed by atoms with van der Waals surface area (Å²) < 4.78 is 0. The molecule has 1 rings (SSSR count). The highest BCUT2D eigenvalue weighted by molar-refractivity contribution is 6.01. The van der Waals surface area contributed by atoms with Crippen molar-refractivity contribution in [3.8, 4) is 0 Å². The zero-order chi connectivity index (χ0) is 14.9. The first-order valence-corrected chi connectivity index (χ1v) is 6.51. The molecule has 3 heteroatoms. The van der Waals surface area contributed by atoms with E-state index in [1.165, 1.54) is 6.92 Å². The highest BCUT2D eigenvalue weighted by Crippen LogP contribution is 2.25. The Morgan fingerprint density at radius 2 is 1.50 bits per heavy atom. The number of rotatable bonds is 2. The molecule has 0 aliphatic heterocycles. The fourth-order valence-corrected chi connectivity index (χ4v) is 1.62. The van der Waals surface area contributed by atoms with Gasteiger partial charge in [0, 0.05) is 5.56 Å². The predicted molar refractivity (Wildman–Crippen MR) is 78.8 cm³/mol. The second-order valence-corrected chi connectivity index (χ2v) is 3.53. The Balaban J connectivity index is 0. The van der Waals surface area contributed by atoms with Crippen LogP contribution in [0.25, 0.3) is 0 Å². The molecule has 0 radical (unpaired) electrons. The number of benzene rings is 1. The fourth-order valence-electron chi connectivity index (χ4n) is 1.62. The largest absolute Gasteiger partial charge is 0.294 e. The van der Waals surface area contributed by atoms with Gasteiger partial charge in [0.15, 0.2) is 5.78 Å². The molecule has 0 unspecified atom stereocenters. The molecule has 0 fully saturated rings. The molecule has 3 nitrogen and oxygen atoms in total. The number of anilines is 1. The van der Waals surface area contributed by atoms with Crippen LogP contribution in [0, 0.1) is 20.8 Å². The van der Waals surface area contributed by atoms with Crippen LogP contribution >= 0.6 is 0 Å². The summed E-state index contributed by atoms with van der Waals surface area (Å²) in [6, 6.07) is 1.78. The number of ketones is 1. The van der Waals surface area contributed by atoms with E-state index in [4.69, 9.17) is 5.21 Å². The first-order valence-electron chi connectivity index (χ1n) is 6.51. The van der Waals surface area contributed by atoms with Gasteiger partial charge in [-0.1, -0.05) is 27.7 Å². The molecule has 0 heterocycles. The number of Topliss-reactive ketones (excluding diaryl/α,β-unsaturated/α-hetero) is 1. The van der Waals surface area contributed by atoms with Crippen molar-refractivity contribution < 1.29 is 10.0 Å². The van der Waals surface area contributed by atoms with E-state index in [9.17, 15) is 4.79 Å². The number of aryl methyl sites for hydroxylation is 1. The summed E-state index contributed by atoms with van der Waals surface area (Å²) in [6.07, 6.45) is 0. The van der Waals surface area contributed by atoms with Gasteiger partial charge in [-0.15, -0.1) is 0 Å². The van der Waals surface area contributed by atoms with Gasteiger partial charge in [0.25, 0.3) is 0 Å². The first-order chi connectivity index (χ1) is 8.49. The maximum atomic E-state index is 11.4. The Hall–Kier alpha value is -1.35. The van der Waals surface area contributed by atoms with Crippen LogP contribution in [0.5, 0.6) is 0 Å². The molecule has 0 bridgehead atoms. The number of hydrogen-bond acceptors (Lipinski definition) is 3. The second-order valence-electron chi connectivity index (χ2n) is 3.53. The minimum absolute atomic E-state index is 0.0397. The molecular formula is C15H27NO2. The summed E-state index contributed by atoms with van der Waals surface area (Å²) >= 11 is 0. The van der Waals surface area contributed by atoms with Crippen LogP contribution in [0.3, 0.4) is 0 Å². The van der Waals surface area contributed by atoms with Crippen molar-refractivity contribution in [2.45, 2.75) is 55.4 Å². The molecule has 0 spiro atoms. The first kappa shape index (κ1) is 19.0. The van der Waals surface area contributed by atoms with Crippen LogP contribution in [0.1, 0.15) is 61.7 Å². The predicted octanol–water partition coefficient (Wildman–Crippen LogP) is 4.67. The van der Waals surface area contributed by atoms with Crippen molar-refractivity contribution in [1.29, 1.82) is 0 Å². The smallest absolute Gasteiger partial charge is 0.162 e. The van der Waals surface area contributed by atoms with Crippen molar-refractivity contribution in [3.05, 3.63) is 28.3 Å². The number of carbonyl (C=O) groups excluding carboxylic acids is 1. The van der Waals surface area contributed by atoms with Gasteiger partial charge in [-0.05, 0) is 50.5 Å². The van der Waals surface area contributed by atoms with Crippen molar-refractivity contribution in [2.75, 3.05) is 5.48 Å². The summed E-state index contributed by atoms with van der Waals surface area (Å²) in [5, 5.41) is 8.90. The van der Waals surface area contributed by atoms with Gasteiger partial charge in [-0.3, -0.25) is 15.5 Å². The number of carbonyl (C=O) groups is 1. The van der Waals surface area contributed by atoms with E-state index in [0.29, 0.717) is 11.3 Å². The molecule has 2 N–H and O–H groups in total. The van der Waals surface area contributed by atoms with Gasteiger partial charge in [-0.2, -0.15) is 0 Å². The molecule has 0 amide bonds. The van der Waals surface area contributed by atoms with E-state index >= 15 is 0 Å². The molecule has 18 heavy (non-hydrogen) atoms. The average molecular weight is 253 g/mol. The lowest BCUT2D eigenvalue weighted by Gasteiger charge is -2.13. The molecule has 0 saturated carbocycles. The van der Waals surface area contributed by atoms with E-state index in [1.807, 2.05) is 48.5 Å². The second kappa shape index (κ2) is 9.66. The average Bonchev–Trinajstić information content (AvgIpc) is 2.39. The van der Waals surface area contributed by atoms with Gasteiger partial charge in [0.2, 0.25) is 0 Å². The Kier molecular flexibility index (Phi) is 10.2. The van der Waals surface area contributed by atoms with Crippen LogP contribution < -0.4 is 5.48 Å². The van der Waals surface area contributed by atoms with E-state index in [1.54, 1.807) is 6.07 Å². The molecule has 0 aliphatic carbocycles. The third kappa shape index (κ3) is 4.49. The fraction of sp³-hybridized carbons (Fsp3) is 0.533. The van der Waals surface area contributed by atoms with E-state index in [-0.39, 0.29) is 5.78 Å². The van der Waals surface area contributed by atoms with Gasteiger partial charge in [0.1, 0.15) is 0 Å². The SMILES string of the molecule is CC.CC.CC(=O)c1c(NO)cc(C)c(C)c1C. The molecular weight excluding hydrogens is 226 g/mol. The zero-order valence-corrected chi connectivity index (χ0v) is 12.9. The third-order valence-corrected chi connectivity index (χ3v) is 2.63. The van der Waals surface area contributed by atoms with Crippen molar-refractivity contribution in [2.24, 2.45) is 0 Å². The topological polar surface area (TPSA) is 49.3 Å². The third-order valence-electron chi connectivity index (χ3n) is 2.63. The van der Waals surface area contributed by atoms with Crippen molar-refractivity contribution in [1.82, 2.24) is 0 Å². The minimum Gasteiger partial charge on any atom is -0.294 e. The van der Waals surface area contributed by atoms with Crippen LogP contribution in [-0.4, -0.2) is 11.0 Å². The van der Waals surface area contributed by atoms with Crippen LogP contribution in [0.2, 0.25) is 0 Å². The standard InChI is InChI=1S/C11H15NO2.2C2H6/c1-6-5-10(12-14)11(9(4)13)8(3)7(6)2;2*1-2/h5,12,14H,1-4H3;2*1-2H3. The van der Waals surface area contributed by atoms with Crippen molar-refractivity contribution >= 4 is 11.5 Å². The molecule has 0 aliphatic rings. The maximum absolute atomic E-state index is 11.4. The molecule has 1 aromatic rings. The summed E-state index contributed by atoms with van der Waals surface area (Å²) in [7, 11) is 0. The highest BCUT2D eigenvalue weighted by Gasteiger charge is 2.13. The molecule has 0 aromatic heterocycles. The molecule has 0 atom stereocenters. The maximum Gasteiger partial charge on any atom is 0.162 e. The normalized spacial score (nSPS) is 8.50. The van der Waals surface area contributed by atoms with E-state index in [2.05, 4.69) is 5.48 Å². The lowest BCUT2D eigenvalue weighted by molar-refractivity contribution is 0.101. The van der Waals surface area contributed by atoms with Gasteiger partial charge < -0.3 is 0 Å². The lowest BCUT2D eigenvalue weighted by atomic mass is 9.95. The van der Waals surface area contributed by atoms with E-state index in [0.717, 1.165) is 16.7 Å². The lowest BCUT2D eigenvalue weighted by Crippen LogP contribution is -2.06. The van der Waals surface area contributed by atoms with Crippen LogP contribution in [0.4, 0.5) is 5.69 Å². The van der Waals surface area contributed by atoms with Crippen LogP contribution in [-0.2, 0) is 0 Å². The highest BCUT2D eigenvalue weighted by atomic mass is 16.5.